The number of halogens is 1. The summed E-state index contributed by atoms with van der Waals surface area (Å²) >= 11 is 6.13. The van der Waals surface area contributed by atoms with Gasteiger partial charge in [0.2, 0.25) is 0 Å². The summed E-state index contributed by atoms with van der Waals surface area (Å²) in [5.74, 6) is -0.175. The zero-order valence-electron chi connectivity index (χ0n) is 14.5. The first-order valence-corrected chi connectivity index (χ1v) is 8.81. The Kier molecular flexibility index (Phi) is 5.87. The summed E-state index contributed by atoms with van der Waals surface area (Å²) in [4.78, 5) is 16.4. The van der Waals surface area contributed by atoms with Crippen molar-refractivity contribution in [1.82, 2.24) is 10.3 Å². The number of carbonyl (C=O) groups excluding carboxylic acids is 1. The lowest BCUT2D eigenvalue weighted by Crippen LogP contribution is -2.26. The van der Waals surface area contributed by atoms with E-state index in [9.17, 15) is 4.79 Å². The number of anilines is 2. The van der Waals surface area contributed by atoms with E-state index in [0.29, 0.717) is 17.3 Å². The van der Waals surface area contributed by atoms with Crippen molar-refractivity contribution in [3.63, 3.8) is 0 Å². The highest BCUT2D eigenvalue weighted by Gasteiger charge is 2.07. The number of hydrogen-bond acceptors (Lipinski definition) is 3. The predicted molar refractivity (Wildman–Crippen MR) is 106 cm³/mol. The van der Waals surface area contributed by atoms with Crippen molar-refractivity contribution < 1.29 is 4.79 Å². The molecule has 0 aliphatic heterocycles. The minimum Gasteiger partial charge on any atom is -0.354 e. The van der Waals surface area contributed by atoms with Crippen molar-refractivity contribution >= 4 is 28.9 Å². The Balaban J connectivity index is 1.56. The Labute approximate surface area is 158 Å². The van der Waals surface area contributed by atoms with Gasteiger partial charge in [-0.3, -0.25) is 4.79 Å². The van der Waals surface area contributed by atoms with E-state index in [0.717, 1.165) is 23.4 Å². The molecule has 3 rings (SSSR count). The number of amides is 1. The lowest BCUT2D eigenvalue weighted by molar-refractivity contribution is 0.0949. The van der Waals surface area contributed by atoms with Crippen LogP contribution in [0.1, 0.15) is 21.6 Å². The van der Waals surface area contributed by atoms with Gasteiger partial charge in [0.1, 0.15) is 5.69 Å². The maximum atomic E-state index is 12.2. The summed E-state index contributed by atoms with van der Waals surface area (Å²) in [6.45, 7) is 2.53. The van der Waals surface area contributed by atoms with Crippen LogP contribution in [-0.2, 0) is 6.42 Å². The molecular formula is C21H20ClN3O. The fourth-order valence-electron chi connectivity index (χ4n) is 2.56. The first kappa shape index (κ1) is 18.0. The number of carbonyl (C=O) groups is 1. The van der Waals surface area contributed by atoms with Gasteiger partial charge in [0.05, 0.1) is 11.9 Å². The molecule has 1 heterocycles. The van der Waals surface area contributed by atoms with Gasteiger partial charge < -0.3 is 10.6 Å². The van der Waals surface area contributed by atoms with E-state index < -0.39 is 0 Å². The number of hydrogen-bond donors (Lipinski definition) is 2. The van der Waals surface area contributed by atoms with E-state index in [1.807, 2.05) is 61.5 Å². The molecule has 0 aliphatic carbocycles. The number of rotatable bonds is 6. The van der Waals surface area contributed by atoms with Crippen molar-refractivity contribution in [2.24, 2.45) is 0 Å². The van der Waals surface area contributed by atoms with Crippen molar-refractivity contribution in [3.8, 4) is 0 Å². The molecule has 1 aromatic heterocycles. The Morgan fingerprint density at radius 2 is 1.85 bits per heavy atom. The van der Waals surface area contributed by atoms with Crippen LogP contribution in [0.5, 0.6) is 0 Å². The number of nitrogens with zero attached hydrogens (tertiary/aromatic N) is 1. The van der Waals surface area contributed by atoms with Crippen molar-refractivity contribution in [3.05, 3.63) is 88.7 Å². The molecule has 0 aliphatic rings. The second kappa shape index (κ2) is 8.50. The average molecular weight is 366 g/mol. The molecule has 1 amide bonds. The maximum absolute atomic E-state index is 12.2. The molecule has 0 atom stereocenters. The third-order valence-electron chi connectivity index (χ3n) is 4.08. The normalized spacial score (nSPS) is 10.4. The molecule has 2 N–H and O–H groups in total. The first-order chi connectivity index (χ1) is 12.6. The zero-order valence-corrected chi connectivity index (χ0v) is 15.3. The van der Waals surface area contributed by atoms with Gasteiger partial charge in [-0.15, -0.1) is 0 Å². The highest BCUT2D eigenvalue weighted by molar-refractivity contribution is 6.31. The maximum Gasteiger partial charge on any atom is 0.269 e. The predicted octanol–water partition coefficient (Wildman–Crippen LogP) is 4.76. The minimum atomic E-state index is -0.175. The fourth-order valence-corrected chi connectivity index (χ4v) is 2.73. The van der Waals surface area contributed by atoms with Crippen molar-refractivity contribution in [2.45, 2.75) is 13.3 Å². The molecule has 4 nitrogen and oxygen atoms in total. The Hall–Kier alpha value is -2.85. The van der Waals surface area contributed by atoms with Gasteiger partial charge in [-0.2, -0.15) is 0 Å². The van der Waals surface area contributed by atoms with Crippen LogP contribution in [0.4, 0.5) is 11.4 Å². The van der Waals surface area contributed by atoms with E-state index in [2.05, 4.69) is 15.6 Å². The van der Waals surface area contributed by atoms with Gasteiger partial charge in [0.25, 0.3) is 5.91 Å². The van der Waals surface area contributed by atoms with Gasteiger partial charge in [0, 0.05) is 17.3 Å². The van der Waals surface area contributed by atoms with E-state index in [4.69, 9.17) is 11.6 Å². The molecular weight excluding hydrogens is 346 g/mol. The summed E-state index contributed by atoms with van der Waals surface area (Å²) in [7, 11) is 0. The van der Waals surface area contributed by atoms with Crippen LogP contribution in [0.2, 0.25) is 5.02 Å². The van der Waals surface area contributed by atoms with Gasteiger partial charge in [-0.25, -0.2) is 4.98 Å². The average Bonchev–Trinajstić information content (AvgIpc) is 2.67. The molecule has 0 saturated heterocycles. The smallest absolute Gasteiger partial charge is 0.269 e. The summed E-state index contributed by atoms with van der Waals surface area (Å²) in [5, 5.41) is 6.86. The third kappa shape index (κ3) is 4.61. The van der Waals surface area contributed by atoms with Crippen LogP contribution in [0.25, 0.3) is 0 Å². The van der Waals surface area contributed by atoms with Gasteiger partial charge in [-0.1, -0.05) is 48.0 Å². The Morgan fingerprint density at radius 3 is 2.58 bits per heavy atom. The van der Waals surface area contributed by atoms with Crippen LogP contribution in [-0.4, -0.2) is 17.4 Å². The number of aromatic nitrogens is 1. The molecule has 132 valence electrons. The van der Waals surface area contributed by atoms with Gasteiger partial charge >= 0.3 is 0 Å². The Bertz CT molecular complexity index is 880. The van der Waals surface area contributed by atoms with Crippen LogP contribution in [0, 0.1) is 6.92 Å². The lowest BCUT2D eigenvalue weighted by Gasteiger charge is -2.11. The molecule has 0 bridgehead atoms. The van der Waals surface area contributed by atoms with Crippen LogP contribution in [0.3, 0.4) is 0 Å². The molecule has 5 heteroatoms. The second-order valence-electron chi connectivity index (χ2n) is 5.96. The highest BCUT2D eigenvalue weighted by atomic mass is 35.5. The van der Waals surface area contributed by atoms with Crippen molar-refractivity contribution in [2.75, 3.05) is 11.9 Å². The van der Waals surface area contributed by atoms with E-state index in [1.165, 1.54) is 5.56 Å². The molecule has 0 radical (unpaired) electrons. The first-order valence-electron chi connectivity index (χ1n) is 8.44. The third-order valence-corrected chi connectivity index (χ3v) is 4.49. The topological polar surface area (TPSA) is 54.0 Å². The quantitative estimate of drug-likeness (QED) is 0.662. The van der Waals surface area contributed by atoms with E-state index in [-0.39, 0.29) is 5.91 Å². The summed E-state index contributed by atoms with van der Waals surface area (Å²) < 4.78 is 0. The zero-order chi connectivity index (χ0) is 18.4. The monoisotopic (exact) mass is 365 g/mol. The lowest BCUT2D eigenvalue weighted by atomic mass is 10.1. The molecule has 3 aromatic rings. The fraction of sp³-hybridized carbons (Fsp3) is 0.143. The largest absolute Gasteiger partial charge is 0.354 e. The summed E-state index contributed by atoms with van der Waals surface area (Å²) in [5.41, 5.74) is 4.27. The molecule has 0 saturated carbocycles. The number of nitrogens with one attached hydrogen (secondary N) is 2. The van der Waals surface area contributed by atoms with Gasteiger partial charge in [-0.05, 0) is 48.7 Å². The highest BCUT2D eigenvalue weighted by Crippen LogP contribution is 2.25. The molecule has 2 aromatic carbocycles. The molecule has 0 spiro atoms. The van der Waals surface area contributed by atoms with Crippen molar-refractivity contribution in [1.29, 1.82) is 0 Å². The van der Waals surface area contributed by atoms with Gasteiger partial charge in [0.15, 0.2) is 0 Å². The summed E-state index contributed by atoms with van der Waals surface area (Å²) in [6, 6.07) is 19.3. The minimum absolute atomic E-state index is 0.175. The molecule has 0 fully saturated rings. The number of pyridine rings is 1. The van der Waals surface area contributed by atoms with Crippen LogP contribution in [0.15, 0.2) is 66.9 Å². The Morgan fingerprint density at radius 1 is 1.04 bits per heavy atom. The van der Waals surface area contributed by atoms with E-state index in [1.54, 1.807) is 12.3 Å². The van der Waals surface area contributed by atoms with Crippen LogP contribution >= 0.6 is 11.6 Å². The summed E-state index contributed by atoms with van der Waals surface area (Å²) in [6.07, 6.45) is 2.44. The molecule has 26 heavy (non-hydrogen) atoms. The number of benzene rings is 2. The standard InChI is InChI=1S/C21H20ClN3O/c1-15-18(22)8-5-9-19(15)25-17-10-11-20(24-14-17)21(26)23-13-12-16-6-3-2-4-7-16/h2-11,14,25H,12-13H2,1H3,(H,23,26). The van der Waals surface area contributed by atoms with E-state index >= 15 is 0 Å². The SMILES string of the molecule is Cc1c(Cl)cccc1Nc1ccc(C(=O)NCCc2ccccc2)nc1. The second-order valence-corrected chi connectivity index (χ2v) is 6.37. The molecule has 0 unspecified atom stereocenters. The van der Waals surface area contributed by atoms with Crippen LogP contribution < -0.4 is 10.6 Å².